The monoisotopic (exact) mass is 1200 g/mol. The SMILES string of the molecule is CCOc1cc(-c2ccc(OC)c(CN(C(=O)c3sc4c(F)ccc(F)c4c3Cl)C3CCC(NC)CC3)c2)ccn1.CCOc1cc(-c2ccc(OC)c(CN(C(=O)c3sc4c(F)ccc(F)c4c3Cl)C3CCC(NC)CC3)c2)ccn1. The highest BCUT2D eigenvalue weighted by molar-refractivity contribution is 7.22. The Labute approximate surface area is 492 Å². The topological polar surface area (TPSA) is 127 Å². The molecular weight excluding hydrogens is 1140 g/mol. The predicted molar refractivity (Wildman–Crippen MR) is 318 cm³/mol. The van der Waals surface area contributed by atoms with Crippen LogP contribution in [0.5, 0.6) is 23.3 Å². The number of amides is 2. The summed E-state index contributed by atoms with van der Waals surface area (Å²) in [6, 6.07) is 24.0. The average Bonchev–Trinajstić information content (AvgIpc) is 4.09. The molecule has 0 saturated heterocycles. The number of nitrogens with zero attached hydrogens (tertiary/aromatic N) is 4. The van der Waals surface area contributed by atoms with Gasteiger partial charge in [0.2, 0.25) is 11.8 Å². The lowest BCUT2D eigenvalue weighted by molar-refractivity contribution is 0.0598. The molecule has 2 N–H and O–H groups in total. The first kappa shape index (κ1) is 60.1. The normalized spacial score (nSPS) is 17.0. The van der Waals surface area contributed by atoms with Crippen LogP contribution < -0.4 is 29.6 Å². The number of hydrogen-bond donors (Lipinski definition) is 2. The van der Waals surface area contributed by atoms with Gasteiger partial charge in [-0.15, -0.1) is 22.7 Å². The molecule has 0 atom stereocenters. The second-order valence-electron chi connectivity index (χ2n) is 20.1. The largest absolute Gasteiger partial charge is 0.496 e. The number of rotatable bonds is 18. The minimum absolute atomic E-state index is 0.0413. The van der Waals surface area contributed by atoms with Crippen molar-refractivity contribution in [1.82, 2.24) is 30.4 Å². The lowest BCUT2D eigenvalue weighted by atomic mass is 9.89. The number of thiophene rings is 2. The third-order valence-corrected chi connectivity index (χ3v) is 18.7. The maximum Gasteiger partial charge on any atom is 0.266 e. The van der Waals surface area contributed by atoms with Crippen LogP contribution in [0, 0.1) is 23.3 Å². The van der Waals surface area contributed by atoms with Crippen LogP contribution in [-0.2, 0) is 13.1 Å². The van der Waals surface area contributed by atoms with Crippen LogP contribution in [0.4, 0.5) is 17.6 Å². The molecule has 8 aromatic rings. The Balaban J connectivity index is 0.000000198. The summed E-state index contributed by atoms with van der Waals surface area (Å²) in [5.74, 6) is -0.891. The van der Waals surface area contributed by atoms with E-state index < -0.39 is 23.3 Å². The number of carbonyl (C=O) groups excluding carboxylic acids is 2. The Morgan fingerprint density at radius 2 is 0.915 bits per heavy atom. The third kappa shape index (κ3) is 13.1. The van der Waals surface area contributed by atoms with E-state index in [9.17, 15) is 27.2 Å². The van der Waals surface area contributed by atoms with Gasteiger partial charge in [0.15, 0.2) is 0 Å². The van der Waals surface area contributed by atoms with Gasteiger partial charge in [-0.25, -0.2) is 27.5 Å². The number of carbonyl (C=O) groups is 2. The minimum Gasteiger partial charge on any atom is -0.496 e. The number of nitrogens with one attached hydrogen (secondary N) is 2. The number of aromatic nitrogens is 2. The summed E-state index contributed by atoms with van der Waals surface area (Å²) >= 11 is 14.9. The van der Waals surface area contributed by atoms with Crippen LogP contribution in [0.2, 0.25) is 10.0 Å². The number of pyridine rings is 2. The molecule has 0 unspecified atom stereocenters. The highest BCUT2D eigenvalue weighted by atomic mass is 35.5. The highest BCUT2D eigenvalue weighted by Crippen LogP contribution is 2.43. The van der Waals surface area contributed by atoms with E-state index in [1.165, 1.54) is 0 Å². The van der Waals surface area contributed by atoms with Gasteiger partial charge in [-0.1, -0.05) is 35.3 Å². The molecule has 2 aliphatic rings. The fourth-order valence-electron chi connectivity index (χ4n) is 11.0. The van der Waals surface area contributed by atoms with Gasteiger partial charge in [-0.05, 0) is 162 Å². The summed E-state index contributed by atoms with van der Waals surface area (Å²) in [6.45, 7) is 5.30. The van der Waals surface area contributed by atoms with E-state index in [0.29, 0.717) is 48.6 Å². The summed E-state index contributed by atoms with van der Waals surface area (Å²) in [7, 11) is 7.08. The van der Waals surface area contributed by atoms with Crippen LogP contribution in [-0.4, -0.2) is 97.3 Å². The number of fused-ring (bicyclic) bond motifs is 2. The zero-order chi connectivity index (χ0) is 58.2. The molecule has 0 spiro atoms. The summed E-state index contributed by atoms with van der Waals surface area (Å²) in [5, 5.41) is 6.44. The molecule has 4 aromatic heterocycles. The summed E-state index contributed by atoms with van der Waals surface area (Å²) in [5.41, 5.74) is 5.27. The van der Waals surface area contributed by atoms with E-state index in [2.05, 4.69) is 20.6 Å². The Kier molecular flexibility index (Phi) is 20.0. The van der Waals surface area contributed by atoms with Gasteiger partial charge in [-0.3, -0.25) is 9.59 Å². The smallest absolute Gasteiger partial charge is 0.266 e. The van der Waals surface area contributed by atoms with Crippen molar-refractivity contribution in [2.24, 2.45) is 0 Å². The molecular formula is C62H64Cl2F4N6O6S2. The van der Waals surface area contributed by atoms with Gasteiger partial charge in [0.1, 0.15) is 44.5 Å². The van der Waals surface area contributed by atoms with Crippen molar-refractivity contribution in [3.8, 4) is 45.5 Å². The van der Waals surface area contributed by atoms with E-state index in [-0.39, 0.29) is 77.0 Å². The van der Waals surface area contributed by atoms with E-state index in [1.807, 2.05) is 88.6 Å². The molecule has 2 fully saturated rings. The maximum absolute atomic E-state index is 14.7. The molecule has 4 aromatic carbocycles. The molecule has 0 aliphatic heterocycles. The van der Waals surface area contributed by atoms with Crippen molar-refractivity contribution in [2.45, 2.75) is 102 Å². The molecule has 2 saturated carbocycles. The van der Waals surface area contributed by atoms with E-state index >= 15 is 0 Å². The van der Waals surface area contributed by atoms with Crippen molar-refractivity contribution in [1.29, 1.82) is 0 Å². The van der Waals surface area contributed by atoms with Crippen molar-refractivity contribution >= 4 is 77.9 Å². The molecule has 432 valence electrons. The zero-order valence-corrected chi connectivity index (χ0v) is 49.5. The third-order valence-electron chi connectivity index (χ3n) is 15.3. The number of halogens is 6. The lowest BCUT2D eigenvalue weighted by Crippen LogP contribution is -2.44. The molecule has 4 heterocycles. The molecule has 0 radical (unpaired) electrons. The molecule has 0 bridgehead atoms. The maximum atomic E-state index is 14.7. The fraction of sp³-hybridized carbons (Fsp3) is 0.355. The first-order valence-corrected chi connectivity index (χ1v) is 29.7. The van der Waals surface area contributed by atoms with Crippen molar-refractivity contribution in [3.05, 3.63) is 152 Å². The molecule has 2 aliphatic carbocycles. The summed E-state index contributed by atoms with van der Waals surface area (Å²) < 4.78 is 81.2. The predicted octanol–water partition coefficient (Wildman–Crippen LogP) is 15.0. The summed E-state index contributed by atoms with van der Waals surface area (Å²) in [6.07, 6.45) is 10.2. The molecule has 20 heteroatoms. The molecule has 12 nitrogen and oxygen atoms in total. The molecule has 2 amide bonds. The second-order valence-corrected chi connectivity index (χ2v) is 22.9. The lowest BCUT2D eigenvalue weighted by Gasteiger charge is -2.37. The van der Waals surface area contributed by atoms with Crippen LogP contribution in [0.3, 0.4) is 0 Å². The minimum atomic E-state index is -0.652. The van der Waals surface area contributed by atoms with Crippen LogP contribution in [0.1, 0.15) is 95.7 Å². The van der Waals surface area contributed by atoms with E-state index in [4.69, 9.17) is 42.1 Å². The Morgan fingerprint density at radius 3 is 1.26 bits per heavy atom. The number of methoxy groups -OCH3 is 2. The van der Waals surface area contributed by atoms with E-state index in [1.54, 1.807) is 36.4 Å². The van der Waals surface area contributed by atoms with Crippen molar-refractivity contribution in [3.63, 3.8) is 0 Å². The Bertz CT molecular complexity index is 3340. The van der Waals surface area contributed by atoms with Gasteiger partial charge >= 0.3 is 0 Å². The average molecular weight is 1200 g/mol. The fourth-order valence-corrected chi connectivity index (χ4v) is 14.0. The van der Waals surface area contributed by atoms with Crippen LogP contribution >= 0.6 is 45.9 Å². The van der Waals surface area contributed by atoms with Gasteiger partial charge in [0.05, 0.1) is 57.7 Å². The zero-order valence-electron chi connectivity index (χ0n) is 46.4. The number of hydrogen-bond acceptors (Lipinski definition) is 12. The first-order chi connectivity index (χ1) is 39.7. The first-order valence-electron chi connectivity index (χ1n) is 27.3. The van der Waals surface area contributed by atoms with E-state index in [0.717, 1.165) is 132 Å². The number of ether oxygens (including phenoxy) is 4. The molecule has 10 rings (SSSR count). The second kappa shape index (κ2) is 27.2. The van der Waals surface area contributed by atoms with Crippen LogP contribution in [0.15, 0.2) is 97.3 Å². The Morgan fingerprint density at radius 1 is 0.549 bits per heavy atom. The van der Waals surface area contributed by atoms with Gasteiger partial charge < -0.3 is 39.4 Å². The van der Waals surface area contributed by atoms with Crippen molar-refractivity contribution < 1.29 is 46.1 Å². The van der Waals surface area contributed by atoms with Gasteiger partial charge in [0, 0.05) is 72.9 Å². The summed E-state index contributed by atoms with van der Waals surface area (Å²) in [4.78, 5) is 40.8. The molecule has 82 heavy (non-hydrogen) atoms. The Hall–Kier alpha value is -6.54. The van der Waals surface area contributed by atoms with Crippen LogP contribution in [0.25, 0.3) is 42.4 Å². The van der Waals surface area contributed by atoms with Crippen molar-refractivity contribution in [2.75, 3.05) is 41.5 Å². The number of benzene rings is 4. The highest BCUT2D eigenvalue weighted by Gasteiger charge is 2.35. The van der Waals surface area contributed by atoms with Gasteiger partial charge in [-0.2, -0.15) is 0 Å². The quantitative estimate of drug-likeness (QED) is 0.0802. The standard InChI is InChI=1S/2C31H32ClF2N3O3S/c2*1-4-40-26-16-19(13-14-36-26)18-5-12-25(39-3)20(15-18)17-37(22-8-6-21(35-2)7-9-22)31(38)30-28(32)27-23(33)10-11-24(34)29(27)41-30/h2*5,10-16,21-22,35H,4,6-9,17H2,1-3H3. The van der Waals surface area contributed by atoms with Gasteiger partial charge in [0.25, 0.3) is 11.8 Å².